The third-order valence-corrected chi connectivity index (χ3v) is 5.23. The third kappa shape index (κ3) is 3.00. The standard InChI is InChI=1S/C16H18F2N2S/c17-13-5-4-10(8-14(13)18)9-15(20-19)11-2-1-3-16-12(11)6-7-21-16/h4-8,11,15,20H,1-3,9,19H2. The molecule has 0 amide bonds. The average molecular weight is 308 g/mol. The molecule has 0 saturated carbocycles. The summed E-state index contributed by atoms with van der Waals surface area (Å²) in [5.74, 6) is 4.45. The van der Waals surface area contributed by atoms with Crippen molar-refractivity contribution in [1.82, 2.24) is 5.43 Å². The zero-order valence-corrected chi connectivity index (χ0v) is 12.4. The molecule has 1 aliphatic carbocycles. The molecule has 3 N–H and O–H groups in total. The number of thiophene rings is 1. The van der Waals surface area contributed by atoms with Gasteiger partial charge < -0.3 is 0 Å². The maximum absolute atomic E-state index is 13.3. The van der Waals surface area contributed by atoms with Gasteiger partial charge in [0.2, 0.25) is 0 Å². The molecule has 0 bridgehead atoms. The number of aryl methyl sites for hydroxylation is 1. The van der Waals surface area contributed by atoms with E-state index >= 15 is 0 Å². The molecule has 5 heteroatoms. The summed E-state index contributed by atoms with van der Waals surface area (Å²) in [5.41, 5.74) is 4.99. The van der Waals surface area contributed by atoms with E-state index in [4.69, 9.17) is 5.84 Å². The lowest BCUT2D eigenvalue weighted by Crippen LogP contribution is -2.42. The fraction of sp³-hybridized carbons (Fsp3) is 0.375. The Bertz CT molecular complexity index is 626. The lowest BCUT2D eigenvalue weighted by Gasteiger charge is -2.30. The van der Waals surface area contributed by atoms with E-state index in [1.54, 1.807) is 17.4 Å². The van der Waals surface area contributed by atoms with E-state index < -0.39 is 11.6 Å². The Morgan fingerprint density at radius 1 is 1.29 bits per heavy atom. The molecule has 1 aromatic heterocycles. The highest BCUT2D eigenvalue weighted by Crippen LogP contribution is 2.37. The number of nitrogens with two attached hydrogens (primary N) is 1. The van der Waals surface area contributed by atoms with Crippen LogP contribution in [0.25, 0.3) is 0 Å². The largest absolute Gasteiger partial charge is 0.271 e. The molecule has 0 fully saturated rings. The van der Waals surface area contributed by atoms with E-state index in [0.717, 1.165) is 24.8 Å². The molecular weight excluding hydrogens is 290 g/mol. The molecule has 0 radical (unpaired) electrons. The second kappa shape index (κ2) is 6.22. The number of hydrogen-bond donors (Lipinski definition) is 2. The molecule has 2 aromatic rings. The zero-order chi connectivity index (χ0) is 14.8. The molecule has 0 aliphatic heterocycles. The normalized spacial score (nSPS) is 19.3. The van der Waals surface area contributed by atoms with Gasteiger partial charge in [0.15, 0.2) is 11.6 Å². The minimum atomic E-state index is -0.811. The summed E-state index contributed by atoms with van der Waals surface area (Å²) in [5, 5.41) is 2.12. The number of rotatable bonds is 4. The van der Waals surface area contributed by atoms with Crippen LogP contribution in [-0.4, -0.2) is 6.04 Å². The van der Waals surface area contributed by atoms with Crippen molar-refractivity contribution in [2.24, 2.45) is 5.84 Å². The van der Waals surface area contributed by atoms with Crippen LogP contribution in [0, 0.1) is 11.6 Å². The quantitative estimate of drug-likeness (QED) is 0.670. The van der Waals surface area contributed by atoms with E-state index in [0.29, 0.717) is 12.3 Å². The van der Waals surface area contributed by atoms with Gasteiger partial charge in [-0.2, -0.15) is 0 Å². The van der Waals surface area contributed by atoms with Gasteiger partial charge >= 0.3 is 0 Å². The smallest absolute Gasteiger partial charge is 0.159 e. The van der Waals surface area contributed by atoms with Crippen LogP contribution in [0.5, 0.6) is 0 Å². The highest BCUT2D eigenvalue weighted by atomic mass is 32.1. The number of halogens is 2. The summed E-state index contributed by atoms with van der Waals surface area (Å²) >= 11 is 1.79. The first-order valence-corrected chi connectivity index (χ1v) is 8.03. The van der Waals surface area contributed by atoms with E-state index in [1.807, 2.05) is 0 Å². The summed E-state index contributed by atoms with van der Waals surface area (Å²) in [6, 6.07) is 6.26. The Hall–Kier alpha value is -1.30. The van der Waals surface area contributed by atoms with Crippen LogP contribution in [0.15, 0.2) is 29.6 Å². The van der Waals surface area contributed by atoms with E-state index in [9.17, 15) is 8.78 Å². The summed E-state index contributed by atoms with van der Waals surface area (Å²) in [4.78, 5) is 1.43. The molecule has 1 heterocycles. The molecule has 112 valence electrons. The number of nitrogens with one attached hydrogen (secondary N) is 1. The average Bonchev–Trinajstić information content (AvgIpc) is 2.97. The van der Waals surface area contributed by atoms with Gasteiger partial charge in [-0.25, -0.2) is 8.78 Å². The summed E-state index contributed by atoms with van der Waals surface area (Å²) in [6.45, 7) is 0. The van der Waals surface area contributed by atoms with E-state index in [1.165, 1.54) is 22.6 Å². The summed E-state index contributed by atoms with van der Waals surface area (Å²) in [7, 11) is 0. The van der Waals surface area contributed by atoms with Crippen LogP contribution in [0.2, 0.25) is 0 Å². The Morgan fingerprint density at radius 2 is 2.14 bits per heavy atom. The predicted octanol–water partition coefficient (Wildman–Crippen LogP) is 3.52. The van der Waals surface area contributed by atoms with Crippen LogP contribution in [0.4, 0.5) is 8.78 Å². The molecule has 0 saturated heterocycles. The van der Waals surface area contributed by atoms with Gasteiger partial charge in [-0.1, -0.05) is 6.07 Å². The molecule has 1 aliphatic rings. The lowest BCUT2D eigenvalue weighted by molar-refractivity contribution is 0.396. The second-order valence-electron chi connectivity index (χ2n) is 5.52. The lowest BCUT2D eigenvalue weighted by atomic mass is 9.80. The van der Waals surface area contributed by atoms with Gasteiger partial charge in [0.1, 0.15) is 0 Å². The van der Waals surface area contributed by atoms with Crippen molar-refractivity contribution >= 4 is 11.3 Å². The first-order valence-electron chi connectivity index (χ1n) is 7.15. The minimum Gasteiger partial charge on any atom is -0.271 e. The highest BCUT2D eigenvalue weighted by Gasteiger charge is 2.28. The van der Waals surface area contributed by atoms with Crippen LogP contribution in [0.1, 0.15) is 34.8 Å². The second-order valence-corrected chi connectivity index (χ2v) is 6.52. The predicted molar refractivity (Wildman–Crippen MR) is 81.2 cm³/mol. The van der Waals surface area contributed by atoms with Crippen molar-refractivity contribution in [1.29, 1.82) is 0 Å². The molecular formula is C16H18F2N2S. The van der Waals surface area contributed by atoms with Crippen molar-refractivity contribution < 1.29 is 8.78 Å². The number of hydrogen-bond acceptors (Lipinski definition) is 3. The third-order valence-electron chi connectivity index (χ3n) is 4.24. The van der Waals surface area contributed by atoms with Gasteiger partial charge in [0, 0.05) is 16.8 Å². The Balaban J connectivity index is 1.81. The maximum atomic E-state index is 13.3. The molecule has 21 heavy (non-hydrogen) atoms. The van der Waals surface area contributed by atoms with Crippen molar-refractivity contribution in [3.63, 3.8) is 0 Å². The van der Waals surface area contributed by atoms with Crippen molar-refractivity contribution in [3.05, 3.63) is 57.3 Å². The molecule has 3 rings (SSSR count). The molecule has 2 atom stereocenters. The summed E-state index contributed by atoms with van der Waals surface area (Å²) in [6.07, 6.45) is 3.94. The Kier molecular flexibility index (Phi) is 4.33. The zero-order valence-electron chi connectivity index (χ0n) is 11.6. The SMILES string of the molecule is NNC(Cc1ccc(F)c(F)c1)C1CCCc2sccc21. The topological polar surface area (TPSA) is 38.0 Å². The van der Waals surface area contributed by atoms with Crippen LogP contribution >= 0.6 is 11.3 Å². The maximum Gasteiger partial charge on any atom is 0.159 e. The Labute approximate surface area is 127 Å². The number of benzene rings is 1. The van der Waals surface area contributed by atoms with Gasteiger partial charge in [-0.3, -0.25) is 11.3 Å². The van der Waals surface area contributed by atoms with Gasteiger partial charge in [0.25, 0.3) is 0 Å². The first-order chi connectivity index (χ1) is 10.2. The molecule has 2 nitrogen and oxygen atoms in total. The first kappa shape index (κ1) is 14.6. The van der Waals surface area contributed by atoms with Gasteiger partial charge in [-0.15, -0.1) is 11.3 Å². The number of hydrazine groups is 1. The minimum absolute atomic E-state index is 0.0310. The molecule has 2 unspecified atom stereocenters. The number of fused-ring (bicyclic) bond motifs is 1. The fourth-order valence-corrected chi connectivity index (χ4v) is 4.17. The van der Waals surface area contributed by atoms with Crippen LogP contribution in [0.3, 0.4) is 0 Å². The monoisotopic (exact) mass is 308 g/mol. The van der Waals surface area contributed by atoms with Gasteiger partial charge in [-0.05, 0) is 60.4 Å². The van der Waals surface area contributed by atoms with E-state index in [-0.39, 0.29) is 6.04 Å². The highest BCUT2D eigenvalue weighted by molar-refractivity contribution is 7.10. The summed E-state index contributed by atoms with van der Waals surface area (Å²) < 4.78 is 26.4. The molecule has 1 aromatic carbocycles. The van der Waals surface area contributed by atoms with Crippen molar-refractivity contribution in [2.45, 2.75) is 37.6 Å². The Morgan fingerprint density at radius 3 is 2.90 bits per heavy atom. The van der Waals surface area contributed by atoms with Crippen LogP contribution in [-0.2, 0) is 12.8 Å². The van der Waals surface area contributed by atoms with Crippen LogP contribution < -0.4 is 11.3 Å². The molecule has 0 spiro atoms. The fourth-order valence-electron chi connectivity index (χ4n) is 3.18. The van der Waals surface area contributed by atoms with Gasteiger partial charge in [0.05, 0.1) is 0 Å². The van der Waals surface area contributed by atoms with Crippen molar-refractivity contribution in [2.75, 3.05) is 0 Å². The van der Waals surface area contributed by atoms with E-state index in [2.05, 4.69) is 16.9 Å². The van der Waals surface area contributed by atoms with Crippen molar-refractivity contribution in [3.8, 4) is 0 Å².